The van der Waals surface area contributed by atoms with Crippen LogP contribution in [0.25, 0.3) is 0 Å². The van der Waals surface area contributed by atoms with Crippen molar-refractivity contribution in [2.45, 2.75) is 195 Å². The highest BCUT2D eigenvalue weighted by Gasteiger charge is 2.41. The zero-order valence-electron chi connectivity index (χ0n) is 53.0. The number of anilines is 1. The number of imide groups is 2. The summed E-state index contributed by atoms with van der Waals surface area (Å²) in [6, 6.07) is 3.73. The second kappa shape index (κ2) is 32.2. The maximum Gasteiger partial charge on any atom is 0.339 e. The number of benzene rings is 1. The van der Waals surface area contributed by atoms with Crippen LogP contribution in [0, 0.1) is 50.2 Å². The number of aliphatic hydroxyl groups is 1. The van der Waals surface area contributed by atoms with Gasteiger partial charge in [-0.1, -0.05) is 139 Å². The van der Waals surface area contributed by atoms with Crippen LogP contribution in [0.2, 0.25) is 0 Å². The lowest BCUT2D eigenvalue weighted by Crippen LogP contribution is -2.38. The van der Waals surface area contributed by atoms with Crippen molar-refractivity contribution in [2.24, 2.45) is 56.0 Å². The summed E-state index contributed by atoms with van der Waals surface area (Å²) >= 11 is 0. The van der Waals surface area contributed by atoms with E-state index in [-0.39, 0.29) is 85.6 Å². The highest BCUT2D eigenvalue weighted by molar-refractivity contribution is 6.21. The molecule has 0 aromatic heterocycles. The van der Waals surface area contributed by atoms with Gasteiger partial charge in [-0.2, -0.15) is 0 Å². The Labute approximate surface area is 482 Å². The summed E-state index contributed by atoms with van der Waals surface area (Å²) in [4.78, 5) is 75.5. The number of carbonyl (C=O) groups excluding carboxylic acids is 4. The second-order valence-corrected chi connectivity index (χ2v) is 28.7. The molecule has 1 aromatic carbocycles. The lowest BCUT2D eigenvalue weighted by Gasteiger charge is -2.30. The molecule has 0 saturated carbocycles. The Balaban J connectivity index is 0.000000605. The van der Waals surface area contributed by atoms with Crippen LogP contribution in [0.3, 0.4) is 0 Å². The van der Waals surface area contributed by atoms with Crippen molar-refractivity contribution >= 4 is 41.3 Å². The van der Waals surface area contributed by atoms with Crippen LogP contribution in [0.15, 0.2) is 53.1 Å². The zero-order valence-corrected chi connectivity index (χ0v) is 53.0. The van der Waals surface area contributed by atoms with E-state index in [1.807, 2.05) is 13.8 Å². The SMILES string of the molecule is C/C(=C\C(C)(C)CC(C)(C)C)CC(CCNCC(C)O)C(=O)O.C/C(=C\C(C)(C)CC(C)(C)C)CC1CC(=O)N(CCNCCNCCN)C1=O.C/C(=C\C(C)(C)CC(C)(C)C)CC1CC(=O)N(c2ccc(O)c(C(=O)O)c2)C1=O. The van der Waals surface area contributed by atoms with Gasteiger partial charge >= 0.3 is 11.9 Å². The Hall–Kier alpha value is -4.74. The summed E-state index contributed by atoms with van der Waals surface area (Å²) in [5.74, 6) is -4.27. The number of aliphatic carboxylic acids is 1. The maximum atomic E-state index is 12.9. The van der Waals surface area contributed by atoms with Crippen molar-refractivity contribution < 1.29 is 49.2 Å². The largest absolute Gasteiger partial charge is 0.507 e. The first-order chi connectivity index (χ1) is 36.5. The van der Waals surface area contributed by atoms with Crippen molar-refractivity contribution in [1.29, 1.82) is 0 Å². The summed E-state index contributed by atoms with van der Waals surface area (Å²) < 4.78 is 0. The number of hydrogen-bond donors (Lipinski definition) is 8. The van der Waals surface area contributed by atoms with Crippen molar-refractivity contribution in [1.82, 2.24) is 20.9 Å². The molecule has 4 unspecified atom stereocenters. The molecule has 0 aliphatic carbocycles. The molecule has 9 N–H and O–H groups in total. The van der Waals surface area contributed by atoms with Crippen LogP contribution >= 0.6 is 0 Å². The van der Waals surface area contributed by atoms with E-state index in [1.54, 1.807) is 6.92 Å². The Morgan fingerprint density at radius 1 is 0.650 bits per heavy atom. The Morgan fingerprint density at radius 2 is 1.10 bits per heavy atom. The molecule has 2 aliphatic heterocycles. The third-order valence-corrected chi connectivity index (χ3v) is 13.4. The molecular formula is C64H110N6O10. The fraction of sp³-hybridized carbons (Fsp3) is 0.719. The van der Waals surface area contributed by atoms with Gasteiger partial charge in [-0.3, -0.25) is 33.8 Å². The van der Waals surface area contributed by atoms with Gasteiger partial charge in [-0.25, -0.2) is 4.79 Å². The normalized spacial score (nSPS) is 18.0. The molecule has 0 radical (unpaired) electrons. The van der Waals surface area contributed by atoms with Crippen LogP contribution in [0.5, 0.6) is 5.75 Å². The Kier molecular flexibility index (Phi) is 29.5. The fourth-order valence-corrected chi connectivity index (χ4v) is 12.3. The first kappa shape index (κ1) is 73.3. The average Bonchev–Trinajstić information content (AvgIpc) is 3.67. The smallest absolute Gasteiger partial charge is 0.339 e. The minimum atomic E-state index is -1.32. The van der Waals surface area contributed by atoms with Gasteiger partial charge in [0.2, 0.25) is 23.6 Å². The third-order valence-electron chi connectivity index (χ3n) is 13.4. The lowest BCUT2D eigenvalue weighted by molar-refractivity contribution is -0.142. The van der Waals surface area contributed by atoms with Crippen LogP contribution in [-0.4, -0.2) is 119 Å². The summed E-state index contributed by atoms with van der Waals surface area (Å²) in [5.41, 5.74) is 9.45. The number of rotatable bonds is 28. The topological polar surface area (TPSA) is 252 Å². The monoisotopic (exact) mass is 1120 g/mol. The number of allylic oxidation sites excluding steroid dienone is 6. The first-order valence-corrected chi connectivity index (χ1v) is 29.0. The number of nitrogens with two attached hydrogens (primary N) is 1. The number of nitrogens with one attached hydrogen (secondary N) is 3. The highest BCUT2D eigenvalue weighted by Crippen LogP contribution is 2.40. The average molecular weight is 1120 g/mol. The van der Waals surface area contributed by atoms with E-state index in [2.05, 4.69) is 145 Å². The molecule has 1 aromatic rings. The van der Waals surface area contributed by atoms with E-state index < -0.39 is 29.7 Å². The standard InChI is InChI=1S/C23H31NO5.C22H42N4O2.C19H37NO3/c1-14(12-23(5,6)13-22(2,3)4)9-15-10-19(26)24(20(15)27)16-7-8-18(25)17(11-16)21(28)29;1-17(15-22(5,6)16-21(2,3)4)13-18-14-19(27)26(20(18)28)12-11-25-10-9-24-8-7-23;1-14(11-19(6,7)13-18(3,4)5)10-16(17(22)23)8-9-20-12-15(2)21/h7-8,11-12,15,25H,9-10,13H2,1-6H3,(H,28,29);15,18,24-25H,7-14,16,23H2,1-6H3;11,15-16,20-21H,8-10,12-13H2,1-7H3,(H,22,23)/b14-12+;17-15+;14-11+. The minimum absolute atomic E-state index is 0.0190. The number of carboxylic acid groups (broad SMARTS) is 2. The molecule has 16 heteroatoms. The lowest BCUT2D eigenvalue weighted by atomic mass is 9.75. The van der Waals surface area contributed by atoms with E-state index >= 15 is 0 Å². The van der Waals surface area contributed by atoms with Gasteiger partial charge in [0.1, 0.15) is 11.3 Å². The molecular weight excluding hydrogens is 1010 g/mol. The molecule has 2 heterocycles. The van der Waals surface area contributed by atoms with Crippen molar-refractivity contribution in [3.63, 3.8) is 0 Å². The number of nitrogens with zero attached hydrogens (tertiary/aromatic N) is 2. The van der Waals surface area contributed by atoms with Gasteiger partial charge < -0.3 is 42.1 Å². The van der Waals surface area contributed by atoms with E-state index in [0.717, 1.165) is 61.0 Å². The molecule has 4 atom stereocenters. The molecule has 16 nitrogen and oxygen atoms in total. The first-order valence-electron chi connectivity index (χ1n) is 29.0. The molecule has 2 saturated heterocycles. The number of amides is 4. The summed E-state index contributed by atoms with van der Waals surface area (Å²) in [6.45, 7) is 46.3. The number of aromatic carboxylic acids is 1. The molecule has 2 aliphatic rings. The number of aromatic hydroxyl groups is 1. The second-order valence-electron chi connectivity index (χ2n) is 28.7. The zero-order chi connectivity index (χ0) is 61.8. The summed E-state index contributed by atoms with van der Waals surface area (Å²) in [5, 5.41) is 47.0. The molecule has 456 valence electrons. The number of carboxylic acids is 2. The van der Waals surface area contributed by atoms with Gasteiger partial charge in [0.05, 0.1) is 29.5 Å². The number of hydrogen-bond acceptors (Lipinski definition) is 12. The van der Waals surface area contributed by atoms with Crippen molar-refractivity contribution in [3.8, 4) is 5.75 Å². The van der Waals surface area contributed by atoms with Crippen molar-refractivity contribution in [2.75, 3.05) is 57.3 Å². The van der Waals surface area contributed by atoms with Gasteiger partial charge in [-0.05, 0) is 130 Å². The van der Waals surface area contributed by atoms with E-state index in [0.29, 0.717) is 64.8 Å². The quantitative estimate of drug-likeness (QED) is 0.0221. The molecule has 2 fully saturated rings. The number of aliphatic hydroxyl groups excluding tert-OH is 1. The van der Waals surface area contributed by atoms with Gasteiger partial charge in [0, 0.05) is 58.7 Å². The van der Waals surface area contributed by atoms with E-state index in [4.69, 9.17) is 10.8 Å². The number of carbonyl (C=O) groups is 6. The van der Waals surface area contributed by atoms with Gasteiger partial charge in [0.25, 0.3) is 0 Å². The molecule has 3 rings (SSSR count). The molecule has 0 bridgehead atoms. The predicted molar refractivity (Wildman–Crippen MR) is 324 cm³/mol. The molecule has 4 amide bonds. The molecule has 0 spiro atoms. The number of phenols is 1. The summed E-state index contributed by atoms with van der Waals surface area (Å²) in [6.07, 6.45) is 12.2. The molecule has 80 heavy (non-hydrogen) atoms. The fourth-order valence-electron chi connectivity index (χ4n) is 12.3. The summed E-state index contributed by atoms with van der Waals surface area (Å²) in [7, 11) is 0. The van der Waals surface area contributed by atoms with E-state index in [9.17, 15) is 44.1 Å². The third kappa shape index (κ3) is 29.8. The maximum absolute atomic E-state index is 12.9. The predicted octanol–water partition coefficient (Wildman–Crippen LogP) is 10.9. The van der Waals surface area contributed by atoms with Crippen LogP contribution in [0.4, 0.5) is 5.69 Å². The minimum Gasteiger partial charge on any atom is -0.507 e. The van der Waals surface area contributed by atoms with Crippen LogP contribution in [-0.2, 0) is 24.0 Å². The number of likely N-dealkylation sites (tertiary alicyclic amines) is 1. The van der Waals surface area contributed by atoms with Gasteiger partial charge in [0.15, 0.2) is 0 Å². The van der Waals surface area contributed by atoms with Crippen LogP contribution < -0.4 is 26.6 Å². The van der Waals surface area contributed by atoms with E-state index in [1.165, 1.54) is 22.6 Å². The van der Waals surface area contributed by atoms with Gasteiger partial charge in [-0.15, -0.1) is 0 Å². The Morgan fingerprint density at radius 3 is 1.54 bits per heavy atom. The van der Waals surface area contributed by atoms with Crippen molar-refractivity contribution in [3.05, 3.63) is 58.7 Å². The highest BCUT2D eigenvalue weighted by atomic mass is 16.4. The van der Waals surface area contributed by atoms with Crippen LogP contribution in [0.1, 0.15) is 200 Å². The Bertz CT molecular complexity index is 2290.